The molecule has 1 unspecified atom stereocenters. The van der Waals surface area contributed by atoms with Crippen LogP contribution in [-0.4, -0.2) is 79.2 Å². The minimum atomic E-state index is -1.69. The molecule has 13 nitrogen and oxygen atoms in total. The second kappa shape index (κ2) is 19.0. The largest absolute Gasteiger partial charge is 0.497 e. The lowest BCUT2D eigenvalue weighted by Crippen LogP contribution is -2.55. The van der Waals surface area contributed by atoms with Gasteiger partial charge in [-0.3, -0.25) is 14.3 Å². The van der Waals surface area contributed by atoms with E-state index in [9.17, 15) is 14.9 Å². The van der Waals surface area contributed by atoms with E-state index in [1.54, 1.807) is 21.1 Å². The number of methoxy groups -OCH3 is 2. The number of ether oxygens (including phenoxy) is 5. The highest BCUT2D eigenvalue weighted by Crippen LogP contribution is 2.48. The summed E-state index contributed by atoms with van der Waals surface area (Å²) in [5, 5.41) is 9.30. The summed E-state index contributed by atoms with van der Waals surface area (Å²) in [5.41, 5.74) is -0.823. The fourth-order valence-corrected chi connectivity index (χ4v) is 8.32. The maximum atomic E-state index is 13.2. The van der Waals surface area contributed by atoms with Crippen molar-refractivity contribution in [1.82, 2.24) is 14.2 Å². The van der Waals surface area contributed by atoms with Gasteiger partial charge in [-0.05, 0) is 75.6 Å². The second-order valence-corrected chi connectivity index (χ2v) is 15.3. The molecule has 1 aliphatic heterocycles. The van der Waals surface area contributed by atoms with Crippen molar-refractivity contribution in [2.75, 3.05) is 47.3 Å². The van der Waals surface area contributed by atoms with Gasteiger partial charge in [-0.1, -0.05) is 54.6 Å². The Kier molecular flexibility index (Phi) is 14.4. The molecule has 0 spiro atoms. The molecule has 2 heterocycles. The maximum absolute atomic E-state index is 13.2. The van der Waals surface area contributed by atoms with Crippen molar-refractivity contribution in [3.63, 3.8) is 0 Å². The first-order valence-electron chi connectivity index (χ1n) is 18.2. The Bertz CT molecular complexity index is 1930. The van der Waals surface area contributed by atoms with Crippen LogP contribution in [0.15, 0.2) is 94.6 Å². The van der Waals surface area contributed by atoms with Gasteiger partial charge in [-0.25, -0.2) is 9.46 Å². The molecule has 4 aromatic rings. The average molecular weight is 775 g/mol. The Morgan fingerprint density at radius 3 is 2.04 bits per heavy atom. The molecule has 0 amide bonds. The third kappa shape index (κ3) is 9.72. The fraction of sp³-hybridized carbons (Fsp3) is 0.439. The fourth-order valence-electron chi connectivity index (χ4n) is 6.63. The Labute approximate surface area is 323 Å². The number of aromatic nitrogens is 2. The first kappa shape index (κ1) is 41.8. The quantitative estimate of drug-likeness (QED) is 0.0677. The van der Waals surface area contributed by atoms with Gasteiger partial charge < -0.3 is 32.7 Å². The summed E-state index contributed by atoms with van der Waals surface area (Å²) in [6.07, 6.45) is 0.724. The molecule has 1 N–H and O–H groups in total. The molecule has 1 saturated heterocycles. The van der Waals surface area contributed by atoms with Gasteiger partial charge in [0.05, 0.1) is 59.7 Å². The number of rotatable bonds is 18. The molecule has 1 aliphatic rings. The van der Waals surface area contributed by atoms with Gasteiger partial charge in [0.1, 0.15) is 22.7 Å². The standard InChI is InChI=1S/C41H51N4O9P/c1-29(2)45(30(3)4)55(52-23-11-22-42)53-28-40(26-50-25-37(54-40)44-24-31(5)38(46)43-39(44)47)27-51-41(32-12-9-8-10-13-32,33-14-18-35(48-6)19-15-33)34-16-20-36(49-7)21-17-34/h8-10,12-21,24,29-30,37H,11,23,25-28H2,1-7H3,(H,43,46,47)/t37-,40-,55?/m1/s1. The molecule has 55 heavy (non-hydrogen) atoms. The summed E-state index contributed by atoms with van der Waals surface area (Å²) in [6, 6.07) is 27.5. The van der Waals surface area contributed by atoms with Crippen LogP contribution in [0, 0.1) is 18.3 Å². The average Bonchev–Trinajstić information content (AvgIpc) is 3.19. The third-order valence-electron chi connectivity index (χ3n) is 9.29. The van der Waals surface area contributed by atoms with E-state index in [-0.39, 0.29) is 51.5 Å². The third-order valence-corrected chi connectivity index (χ3v) is 11.3. The summed E-state index contributed by atoms with van der Waals surface area (Å²) < 4.78 is 47.9. The minimum Gasteiger partial charge on any atom is -0.497 e. The molecule has 1 fully saturated rings. The molecule has 0 radical (unpaired) electrons. The van der Waals surface area contributed by atoms with Crippen molar-refractivity contribution in [3.05, 3.63) is 128 Å². The monoisotopic (exact) mass is 774 g/mol. The first-order valence-corrected chi connectivity index (χ1v) is 19.4. The number of benzene rings is 3. The zero-order chi connectivity index (χ0) is 39.6. The lowest BCUT2D eigenvalue weighted by Gasteiger charge is -2.45. The van der Waals surface area contributed by atoms with E-state index < -0.39 is 37.2 Å². The van der Waals surface area contributed by atoms with E-state index in [1.165, 1.54) is 10.8 Å². The highest BCUT2D eigenvalue weighted by atomic mass is 31.2. The second-order valence-electron chi connectivity index (χ2n) is 13.9. The molecule has 294 valence electrons. The molecule has 0 bridgehead atoms. The normalized spacial score (nSPS) is 18.0. The summed E-state index contributed by atoms with van der Waals surface area (Å²) in [7, 11) is 1.55. The zero-order valence-electron chi connectivity index (χ0n) is 32.5. The molecule has 3 atom stereocenters. The van der Waals surface area contributed by atoms with Crippen LogP contribution in [0.25, 0.3) is 0 Å². The van der Waals surface area contributed by atoms with E-state index in [1.807, 2.05) is 78.9 Å². The predicted octanol–water partition coefficient (Wildman–Crippen LogP) is 6.45. The first-order chi connectivity index (χ1) is 26.5. The summed E-state index contributed by atoms with van der Waals surface area (Å²) >= 11 is 0. The minimum absolute atomic E-state index is 0.0332. The lowest BCUT2D eigenvalue weighted by atomic mass is 9.79. The summed E-state index contributed by atoms with van der Waals surface area (Å²) in [5.74, 6) is 1.37. The van der Waals surface area contributed by atoms with Gasteiger partial charge in [0.25, 0.3) is 14.1 Å². The highest BCUT2D eigenvalue weighted by Gasteiger charge is 2.46. The number of aryl methyl sites for hydroxylation is 1. The number of nitrogens with zero attached hydrogens (tertiary/aromatic N) is 3. The van der Waals surface area contributed by atoms with Crippen LogP contribution in [0.2, 0.25) is 0 Å². The molecule has 14 heteroatoms. The van der Waals surface area contributed by atoms with Gasteiger partial charge in [0.15, 0.2) is 6.23 Å². The molecular formula is C41H51N4O9P. The van der Waals surface area contributed by atoms with Crippen molar-refractivity contribution >= 4 is 8.53 Å². The molecule has 0 aliphatic carbocycles. The predicted molar refractivity (Wildman–Crippen MR) is 209 cm³/mol. The van der Waals surface area contributed by atoms with Crippen LogP contribution in [0.5, 0.6) is 11.5 Å². The lowest BCUT2D eigenvalue weighted by molar-refractivity contribution is -0.259. The van der Waals surface area contributed by atoms with Gasteiger partial charge in [0, 0.05) is 23.8 Å². The van der Waals surface area contributed by atoms with Crippen LogP contribution >= 0.6 is 8.53 Å². The van der Waals surface area contributed by atoms with Crippen LogP contribution in [0.1, 0.15) is 62.6 Å². The van der Waals surface area contributed by atoms with Crippen LogP contribution in [0.4, 0.5) is 0 Å². The van der Waals surface area contributed by atoms with Crippen LogP contribution in [0.3, 0.4) is 0 Å². The Morgan fingerprint density at radius 1 is 0.909 bits per heavy atom. The summed E-state index contributed by atoms with van der Waals surface area (Å²) in [4.78, 5) is 27.9. The molecule has 1 aromatic heterocycles. The smallest absolute Gasteiger partial charge is 0.330 e. The maximum Gasteiger partial charge on any atom is 0.330 e. The van der Waals surface area contributed by atoms with Gasteiger partial charge in [-0.2, -0.15) is 5.26 Å². The number of aromatic amines is 1. The van der Waals surface area contributed by atoms with Crippen LogP contribution in [-0.2, 0) is 28.9 Å². The van der Waals surface area contributed by atoms with E-state index in [2.05, 4.69) is 43.4 Å². The van der Waals surface area contributed by atoms with Gasteiger partial charge in [-0.15, -0.1) is 0 Å². The number of H-pyrrole nitrogens is 1. The molecule has 3 aromatic carbocycles. The molecular weight excluding hydrogens is 723 g/mol. The van der Waals surface area contributed by atoms with Gasteiger partial charge in [0.2, 0.25) is 0 Å². The number of hydrogen-bond donors (Lipinski definition) is 1. The SMILES string of the molecule is COc1ccc(C(OC[C@@]2(COP(OCCC#N)N(C(C)C)C(C)C)COC[C@H](n3cc(C)c(=O)[nH]c3=O)O2)(c2ccccc2)c2ccc(OC)cc2)cc1. The number of nitrogens with one attached hydrogen (secondary N) is 1. The van der Waals surface area contributed by atoms with E-state index in [4.69, 9.17) is 32.7 Å². The number of hydrogen-bond acceptors (Lipinski definition) is 11. The van der Waals surface area contributed by atoms with E-state index in [0.717, 1.165) is 16.7 Å². The number of nitriles is 1. The van der Waals surface area contributed by atoms with E-state index in [0.29, 0.717) is 17.1 Å². The van der Waals surface area contributed by atoms with Crippen molar-refractivity contribution in [3.8, 4) is 17.6 Å². The van der Waals surface area contributed by atoms with Crippen molar-refractivity contribution in [2.45, 2.75) is 70.6 Å². The topological polar surface area (TPSA) is 146 Å². The zero-order valence-corrected chi connectivity index (χ0v) is 33.4. The van der Waals surface area contributed by atoms with Crippen molar-refractivity contribution in [2.24, 2.45) is 0 Å². The van der Waals surface area contributed by atoms with Crippen molar-refractivity contribution < 1.29 is 32.7 Å². The Balaban J connectivity index is 1.64. The Hall–Kier alpha value is -4.38. The molecule has 0 saturated carbocycles. The van der Waals surface area contributed by atoms with Crippen LogP contribution < -0.4 is 20.7 Å². The highest BCUT2D eigenvalue weighted by molar-refractivity contribution is 7.44. The van der Waals surface area contributed by atoms with Gasteiger partial charge >= 0.3 is 5.69 Å². The van der Waals surface area contributed by atoms with E-state index >= 15 is 0 Å². The van der Waals surface area contributed by atoms with Crippen molar-refractivity contribution in [1.29, 1.82) is 5.26 Å². The Morgan fingerprint density at radius 2 is 1.49 bits per heavy atom. The summed E-state index contributed by atoms with van der Waals surface area (Å²) in [6.45, 7) is 9.97. The molecule has 5 rings (SSSR count).